The van der Waals surface area contributed by atoms with Crippen molar-refractivity contribution in [2.75, 3.05) is 11.9 Å². The molecule has 1 amide bonds. The number of carbonyl (C=O) groups is 1. The van der Waals surface area contributed by atoms with Crippen LogP contribution in [0.3, 0.4) is 0 Å². The summed E-state index contributed by atoms with van der Waals surface area (Å²) in [5, 5.41) is 12.9. The van der Waals surface area contributed by atoms with Crippen molar-refractivity contribution in [1.29, 1.82) is 0 Å². The zero-order valence-corrected chi connectivity index (χ0v) is 10.7. The van der Waals surface area contributed by atoms with Crippen LogP contribution in [-0.2, 0) is 4.79 Å². The standard InChI is InChI=1S/C12H17ClN2O2/c1-7(5-6-14)11-9(13)3-4-10(17)12(11)15-8(2)16/h3-4,7,17H,5-6,14H2,1-2H3,(H,15,16). The number of amides is 1. The number of nitrogens with two attached hydrogens (primary N) is 1. The molecule has 1 unspecified atom stereocenters. The molecule has 17 heavy (non-hydrogen) atoms. The average molecular weight is 257 g/mol. The van der Waals surface area contributed by atoms with Gasteiger partial charge in [-0.15, -0.1) is 0 Å². The molecule has 94 valence electrons. The number of benzene rings is 1. The molecule has 1 atom stereocenters. The maximum absolute atomic E-state index is 11.1. The molecule has 4 nitrogen and oxygen atoms in total. The summed E-state index contributed by atoms with van der Waals surface area (Å²) in [6.07, 6.45) is 0.732. The van der Waals surface area contributed by atoms with Crippen LogP contribution in [-0.4, -0.2) is 17.6 Å². The van der Waals surface area contributed by atoms with Crippen LogP contribution in [0.5, 0.6) is 5.75 Å². The van der Waals surface area contributed by atoms with Gasteiger partial charge in [-0.05, 0) is 31.0 Å². The minimum atomic E-state index is -0.247. The van der Waals surface area contributed by atoms with Gasteiger partial charge in [-0.3, -0.25) is 4.79 Å². The average Bonchev–Trinajstić information content (AvgIpc) is 2.23. The summed E-state index contributed by atoms with van der Waals surface area (Å²) in [7, 11) is 0. The van der Waals surface area contributed by atoms with Gasteiger partial charge in [-0.1, -0.05) is 18.5 Å². The number of hydrogen-bond acceptors (Lipinski definition) is 3. The third kappa shape index (κ3) is 3.35. The first-order valence-corrected chi connectivity index (χ1v) is 5.84. The van der Waals surface area contributed by atoms with Crippen molar-refractivity contribution in [3.05, 3.63) is 22.7 Å². The Morgan fingerprint density at radius 3 is 2.76 bits per heavy atom. The Morgan fingerprint density at radius 1 is 1.59 bits per heavy atom. The second-order valence-electron chi connectivity index (χ2n) is 4.01. The van der Waals surface area contributed by atoms with Crippen molar-refractivity contribution in [1.82, 2.24) is 0 Å². The molecule has 1 aromatic rings. The topological polar surface area (TPSA) is 75.3 Å². The molecule has 0 spiro atoms. The monoisotopic (exact) mass is 256 g/mol. The van der Waals surface area contributed by atoms with Gasteiger partial charge in [0.05, 0.1) is 5.69 Å². The molecule has 0 saturated heterocycles. The lowest BCUT2D eigenvalue weighted by Crippen LogP contribution is -2.12. The van der Waals surface area contributed by atoms with Crippen LogP contribution >= 0.6 is 11.6 Å². The van der Waals surface area contributed by atoms with Gasteiger partial charge in [-0.2, -0.15) is 0 Å². The SMILES string of the molecule is CC(=O)Nc1c(O)ccc(Cl)c1C(C)CCN. The van der Waals surface area contributed by atoms with E-state index in [0.29, 0.717) is 17.3 Å². The lowest BCUT2D eigenvalue weighted by atomic mass is 9.95. The van der Waals surface area contributed by atoms with Crippen molar-refractivity contribution < 1.29 is 9.90 Å². The predicted octanol–water partition coefficient (Wildman–Crippen LogP) is 2.46. The smallest absolute Gasteiger partial charge is 0.221 e. The number of anilines is 1. The first-order chi connectivity index (χ1) is 7.97. The summed E-state index contributed by atoms with van der Waals surface area (Å²) < 4.78 is 0. The molecule has 0 aromatic heterocycles. The van der Waals surface area contributed by atoms with E-state index < -0.39 is 0 Å². The van der Waals surface area contributed by atoms with Crippen molar-refractivity contribution in [3.63, 3.8) is 0 Å². The van der Waals surface area contributed by atoms with Crippen molar-refractivity contribution in [2.45, 2.75) is 26.2 Å². The largest absolute Gasteiger partial charge is 0.506 e. The molecule has 1 rings (SSSR count). The molecule has 0 aliphatic rings. The highest BCUT2D eigenvalue weighted by molar-refractivity contribution is 6.32. The Morgan fingerprint density at radius 2 is 2.24 bits per heavy atom. The fraction of sp³-hybridized carbons (Fsp3) is 0.417. The van der Waals surface area contributed by atoms with Crippen molar-refractivity contribution in [2.24, 2.45) is 5.73 Å². The zero-order chi connectivity index (χ0) is 13.0. The van der Waals surface area contributed by atoms with Gasteiger partial charge in [0, 0.05) is 17.5 Å². The molecule has 4 N–H and O–H groups in total. The van der Waals surface area contributed by atoms with Crippen LogP contribution < -0.4 is 11.1 Å². The van der Waals surface area contributed by atoms with Gasteiger partial charge in [0.2, 0.25) is 5.91 Å². The molecule has 0 aliphatic heterocycles. The number of carbonyl (C=O) groups excluding carboxylic acids is 1. The third-order valence-electron chi connectivity index (χ3n) is 2.56. The molecule has 0 saturated carbocycles. The highest BCUT2D eigenvalue weighted by Crippen LogP contribution is 2.38. The van der Waals surface area contributed by atoms with Gasteiger partial charge in [-0.25, -0.2) is 0 Å². The summed E-state index contributed by atoms with van der Waals surface area (Å²) in [5.74, 6) is -0.159. The second kappa shape index (κ2) is 5.89. The van der Waals surface area contributed by atoms with Crippen molar-refractivity contribution in [3.8, 4) is 5.75 Å². The Kier molecular flexibility index (Phi) is 4.78. The molecule has 0 radical (unpaired) electrons. The van der Waals surface area contributed by atoms with Crippen LogP contribution in [0, 0.1) is 0 Å². The number of phenolic OH excluding ortho intramolecular Hbond substituents is 1. The van der Waals surface area contributed by atoms with E-state index in [1.807, 2.05) is 6.92 Å². The Labute approximate surface area is 106 Å². The highest BCUT2D eigenvalue weighted by Gasteiger charge is 2.18. The molecule has 1 aromatic carbocycles. The summed E-state index contributed by atoms with van der Waals surface area (Å²) in [5.41, 5.74) is 6.62. The quantitative estimate of drug-likeness (QED) is 0.725. The fourth-order valence-corrected chi connectivity index (χ4v) is 2.11. The highest BCUT2D eigenvalue weighted by atomic mass is 35.5. The molecular formula is C12H17ClN2O2. The first-order valence-electron chi connectivity index (χ1n) is 5.46. The van der Waals surface area contributed by atoms with E-state index >= 15 is 0 Å². The Balaban J connectivity index is 3.23. The van der Waals surface area contributed by atoms with Crippen LogP contribution in [0.15, 0.2) is 12.1 Å². The van der Waals surface area contributed by atoms with E-state index in [9.17, 15) is 9.90 Å². The number of nitrogens with one attached hydrogen (secondary N) is 1. The maximum atomic E-state index is 11.1. The van der Waals surface area contributed by atoms with Gasteiger partial charge < -0.3 is 16.2 Å². The van der Waals surface area contributed by atoms with Crippen LogP contribution in [0.4, 0.5) is 5.69 Å². The van der Waals surface area contributed by atoms with Gasteiger partial charge in [0.25, 0.3) is 0 Å². The van der Waals surface area contributed by atoms with Gasteiger partial charge in [0.1, 0.15) is 5.75 Å². The lowest BCUT2D eigenvalue weighted by molar-refractivity contribution is -0.114. The Hall–Kier alpha value is -1.26. The van der Waals surface area contributed by atoms with Crippen LogP contribution in [0.2, 0.25) is 5.02 Å². The minimum absolute atomic E-state index is 0.0171. The van der Waals surface area contributed by atoms with Gasteiger partial charge >= 0.3 is 0 Å². The zero-order valence-electron chi connectivity index (χ0n) is 9.96. The maximum Gasteiger partial charge on any atom is 0.221 e. The van der Waals surface area contributed by atoms with E-state index in [1.54, 1.807) is 6.07 Å². The van der Waals surface area contributed by atoms with E-state index in [4.69, 9.17) is 17.3 Å². The normalized spacial score (nSPS) is 12.2. The molecular weight excluding hydrogens is 240 g/mol. The molecule has 0 aliphatic carbocycles. The van der Waals surface area contributed by atoms with E-state index in [1.165, 1.54) is 13.0 Å². The summed E-state index contributed by atoms with van der Waals surface area (Å²) >= 11 is 6.11. The Bertz CT molecular complexity index is 421. The van der Waals surface area contributed by atoms with E-state index in [0.717, 1.165) is 12.0 Å². The van der Waals surface area contributed by atoms with E-state index in [2.05, 4.69) is 5.32 Å². The summed E-state index contributed by atoms with van der Waals surface area (Å²) in [4.78, 5) is 11.1. The minimum Gasteiger partial charge on any atom is -0.506 e. The fourth-order valence-electron chi connectivity index (χ4n) is 1.77. The second-order valence-corrected chi connectivity index (χ2v) is 4.42. The summed E-state index contributed by atoms with van der Waals surface area (Å²) in [6, 6.07) is 3.08. The number of hydrogen-bond donors (Lipinski definition) is 3. The molecule has 5 heteroatoms. The molecule has 0 heterocycles. The first kappa shape index (κ1) is 13.8. The number of phenols is 1. The summed E-state index contributed by atoms with van der Waals surface area (Å²) in [6.45, 7) is 3.86. The van der Waals surface area contributed by atoms with Crippen molar-refractivity contribution >= 4 is 23.2 Å². The lowest BCUT2D eigenvalue weighted by Gasteiger charge is -2.18. The third-order valence-corrected chi connectivity index (χ3v) is 2.89. The van der Waals surface area contributed by atoms with Crippen LogP contribution in [0.1, 0.15) is 31.7 Å². The number of rotatable bonds is 4. The number of aromatic hydroxyl groups is 1. The number of halogens is 1. The molecule has 0 fully saturated rings. The van der Waals surface area contributed by atoms with Gasteiger partial charge in [0.15, 0.2) is 0 Å². The van der Waals surface area contributed by atoms with Crippen LogP contribution in [0.25, 0.3) is 0 Å². The van der Waals surface area contributed by atoms with E-state index in [-0.39, 0.29) is 17.6 Å². The molecule has 0 bridgehead atoms. The predicted molar refractivity (Wildman–Crippen MR) is 69.5 cm³/mol.